The van der Waals surface area contributed by atoms with E-state index in [4.69, 9.17) is 0 Å². The molecule has 1 unspecified atom stereocenters. The third-order valence-electron chi connectivity index (χ3n) is 2.26. The van der Waals surface area contributed by atoms with E-state index in [1.807, 2.05) is 6.92 Å². The van der Waals surface area contributed by atoms with Crippen LogP contribution in [0.5, 0.6) is 0 Å². The van der Waals surface area contributed by atoms with E-state index in [0.29, 0.717) is 6.42 Å². The molecule has 0 radical (unpaired) electrons. The maximum atomic E-state index is 11.0. The first-order chi connectivity index (χ1) is 6.09. The zero-order valence-corrected chi connectivity index (χ0v) is 10.8. The van der Waals surface area contributed by atoms with Gasteiger partial charge >= 0.3 is 29.6 Å². The first-order valence-electron chi connectivity index (χ1n) is 3.99. The van der Waals surface area contributed by atoms with Crippen LogP contribution in [0, 0.1) is 0 Å². The van der Waals surface area contributed by atoms with Gasteiger partial charge in [0, 0.05) is 17.0 Å². The Kier molecular flexibility index (Phi) is 3.69. The number of aliphatic carboxylic acids is 1. The summed E-state index contributed by atoms with van der Waals surface area (Å²) in [5.41, 5.74) is 0.203. The second-order valence-electron chi connectivity index (χ2n) is 3.11. The van der Waals surface area contributed by atoms with Crippen LogP contribution in [-0.4, -0.2) is 27.4 Å². The van der Waals surface area contributed by atoms with Crippen molar-refractivity contribution in [3.05, 3.63) is 11.8 Å². The fraction of sp³-hybridized carbons (Fsp3) is 0.500. The van der Waals surface area contributed by atoms with Crippen LogP contribution < -0.4 is 34.7 Å². The first kappa shape index (κ1) is 12.1. The summed E-state index contributed by atoms with van der Waals surface area (Å²) in [6.07, 6.45) is 1.93. The Morgan fingerprint density at radius 1 is 1.71 bits per heavy atom. The van der Waals surface area contributed by atoms with Gasteiger partial charge < -0.3 is 14.8 Å². The number of rotatable bonds is 1. The molecule has 2 aliphatic rings. The van der Waals surface area contributed by atoms with Crippen LogP contribution in [0.1, 0.15) is 13.3 Å². The zero-order chi connectivity index (χ0) is 9.59. The fourth-order valence-corrected chi connectivity index (χ4v) is 2.78. The quantitative estimate of drug-likeness (QED) is 0.338. The molecule has 2 heterocycles. The second kappa shape index (κ2) is 4.26. The molecule has 0 aromatic rings. The van der Waals surface area contributed by atoms with E-state index in [0.717, 1.165) is 0 Å². The monoisotopic (exact) mass is 221 g/mol. The first-order valence-corrected chi connectivity index (χ1v) is 4.93. The fourth-order valence-electron chi connectivity index (χ4n) is 1.45. The summed E-state index contributed by atoms with van der Waals surface area (Å²) >= 11 is 1.49. The molecule has 1 saturated heterocycles. The van der Waals surface area contributed by atoms with Crippen molar-refractivity contribution in [2.75, 3.05) is 0 Å². The summed E-state index contributed by atoms with van der Waals surface area (Å²) in [4.78, 5) is 23.1. The molecule has 4 nitrogen and oxygen atoms in total. The van der Waals surface area contributed by atoms with Crippen molar-refractivity contribution >= 4 is 23.6 Å². The number of hydrogen-bond acceptors (Lipinski definition) is 4. The molecule has 0 aromatic heterocycles. The maximum absolute atomic E-state index is 11.0. The van der Waals surface area contributed by atoms with Crippen LogP contribution in [0.2, 0.25) is 0 Å². The van der Waals surface area contributed by atoms with Crippen LogP contribution >= 0.6 is 11.8 Å². The van der Waals surface area contributed by atoms with Gasteiger partial charge in [-0.3, -0.25) is 4.79 Å². The molecular formula is C8H8NNaO3S. The predicted octanol–water partition coefficient (Wildman–Crippen LogP) is -3.68. The summed E-state index contributed by atoms with van der Waals surface area (Å²) in [5, 5.41) is 10.7. The number of carboxylic acid groups (broad SMARTS) is 1. The molecule has 2 rings (SSSR count). The van der Waals surface area contributed by atoms with Crippen molar-refractivity contribution in [1.82, 2.24) is 4.90 Å². The Morgan fingerprint density at radius 3 is 2.86 bits per heavy atom. The summed E-state index contributed by atoms with van der Waals surface area (Å²) in [6, 6.07) is 0. The standard InChI is InChI=1S/C8H9NO3S.Na/c1-4-5(8(11)12)3-9-6(10)2-7(9)13-4;/h3-4,7H,2H2,1H3,(H,11,12);/q;+1/p-1/t4?,7-;/m1./s1. The molecule has 0 bridgehead atoms. The molecule has 0 aromatic carbocycles. The number of carboxylic acids is 1. The van der Waals surface area contributed by atoms with Gasteiger partial charge in [-0.2, -0.15) is 0 Å². The number of β-lactam (4-membered cyclic amide) rings is 1. The Bertz CT molecular complexity index is 318. The van der Waals surface area contributed by atoms with E-state index in [1.165, 1.54) is 22.9 Å². The number of hydrogen-bond donors (Lipinski definition) is 0. The van der Waals surface area contributed by atoms with Gasteiger partial charge in [0.15, 0.2) is 0 Å². The minimum atomic E-state index is -1.18. The number of nitrogens with zero attached hydrogens (tertiary/aromatic N) is 1. The molecule has 2 atom stereocenters. The van der Waals surface area contributed by atoms with Crippen LogP contribution in [0.4, 0.5) is 0 Å². The Hall–Kier alpha value is 0.0300. The molecule has 14 heavy (non-hydrogen) atoms. The summed E-state index contributed by atoms with van der Waals surface area (Å²) in [7, 11) is 0. The minimum absolute atomic E-state index is 0. The van der Waals surface area contributed by atoms with Crippen molar-refractivity contribution in [2.45, 2.75) is 24.0 Å². The van der Waals surface area contributed by atoms with Gasteiger partial charge in [-0.1, -0.05) is 0 Å². The second-order valence-corrected chi connectivity index (χ2v) is 4.63. The van der Waals surface area contributed by atoms with Gasteiger partial charge in [0.1, 0.15) is 0 Å². The van der Waals surface area contributed by atoms with E-state index in [9.17, 15) is 14.7 Å². The largest absolute Gasteiger partial charge is 1.00 e. The molecule has 0 spiro atoms. The van der Waals surface area contributed by atoms with E-state index >= 15 is 0 Å². The average molecular weight is 221 g/mol. The van der Waals surface area contributed by atoms with Crippen molar-refractivity contribution in [2.24, 2.45) is 0 Å². The number of thioether (sulfide) groups is 1. The van der Waals surface area contributed by atoms with E-state index in [1.54, 1.807) is 0 Å². The summed E-state index contributed by atoms with van der Waals surface area (Å²) < 4.78 is 0. The topological polar surface area (TPSA) is 60.4 Å². The van der Waals surface area contributed by atoms with Crippen LogP contribution in [0.3, 0.4) is 0 Å². The molecule has 1 fully saturated rings. The van der Waals surface area contributed by atoms with Gasteiger partial charge in [-0.25, -0.2) is 0 Å². The summed E-state index contributed by atoms with van der Waals surface area (Å²) in [5.74, 6) is -1.19. The normalized spacial score (nSPS) is 29.6. The molecular weight excluding hydrogens is 213 g/mol. The van der Waals surface area contributed by atoms with Gasteiger partial charge in [0.25, 0.3) is 0 Å². The van der Waals surface area contributed by atoms with Gasteiger partial charge in [0.05, 0.1) is 17.8 Å². The predicted molar refractivity (Wildman–Crippen MR) is 45.4 cm³/mol. The minimum Gasteiger partial charge on any atom is -0.545 e. The van der Waals surface area contributed by atoms with Crippen LogP contribution in [0.15, 0.2) is 11.8 Å². The number of carbonyl (C=O) groups excluding carboxylic acids is 2. The molecule has 0 aliphatic carbocycles. The van der Waals surface area contributed by atoms with E-state index < -0.39 is 5.97 Å². The molecule has 0 N–H and O–H groups in total. The molecule has 2 aliphatic heterocycles. The van der Waals surface area contributed by atoms with Crippen molar-refractivity contribution in [3.8, 4) is 0 Å². The molecule has 70 valence electrons. The number of fused-ring (bicyclic) bond motifs is 1. The van der Waals surface area contributed by atoms with Crippen LogP contribution in [0.25, 0.3) is 0 Å². The van der Waals surface area contributed by atoms with E-state index in [-0.39, 0.29) is 51.7 Å². The smallest absolute Gasteiger partial charge is 0.545 e. The van der Waals surface area contributed by atoms with Crippen LogP contribution in [-0.2, 0) is 9.59 Å². The molecule has 0 saturated carbocycles. The number of amides is 1. The van der Waals surface area contributed by atoms with Gasteiger partial charge in [0.2, 0.25) is 5.91 Å². The van der Waals surface area contributed by atoms with Crippen molar-refractivity contribution in [1.29, 1.82) is 0 Å². The van der Waals surface area contributed by atoms with Crippen molar-refractivity contribution < 1.29 is 44.3 Å². The molecule has 1 amide bonds. The van der Waals surface area contributed by atoms with Gasteiger partial charge in [-0.05, 0) is 6.92 Å². The average Bonchev–Trinajstić information content (AvgIpc) is 2.02. The summed E-state index contributed by atoms with van der Waals surface area (Å²) in [6.45, 7) is 1.81. The van der Waals surface area contributed by atoms with E-state index in [2.05, 4.69) is 0 Å². The third-order valence-corrected chi connectivity index (χ3v) is 3.63. The molecule has 6 heteroatoms. The Morgan fingerprint density at radius 2 is 2.36 bits per heavy atom. The van der Waals surface area contributed by atoms with Gasteiger partial charge in [-0.15, -0.1) is 11.8 Å². The SMILES string of the molecule is CC1S[C@@H]2CC(=O)N2C=C1C(=O)[O-].[Na+]. The number of carbonyl (C=O) groups is 2. The Labute approximate surface area is 108 Å². The maximum Gasteiger partial charge on any atom is 1.00 e. The zero-order valence-electron chi connectivity index (χ0n) is 8.02. The third kappa shape index (κ3) is 1.86. The van der Waals surface area contributed by atoms with Crippen molar-refractivity contribution in [3.63, 3.8) is 0 Å². The Balaban J connectivity index is 0.000000980.